The largest absolute Gasteiger partial charge is 0.490 e. The number of nitrogens with zero attached hydrogens (tertiary/aromatic N) is 1. The number of carbonyl (C=O) groups is 1. The van der Waals surface area contributed by atoms with E-state index in [0.717, 1.165) is 22.6 Å². The van der Waals surface area contributed by atoms with Gasteiger partial charge in [-0.25, -0.2) is 0 Å². The number of aromatic nitrogens is 1. The fourth-order valence-corrected chi connectivity index (χ4v) is 3.76. The lowest BCUT2D eigenvalue weighted by atomic mass is 9.84. The molecule has 2 heterocycles. The lowest BCUT2D eigenvalue weighted by Gasteiger charge is -2.33. The monoisotopic (exact) mass is 371 g/mol. The summed E-state index contributed by atoms with van der Waals surface area (Å²) < 4.78 is 19.1. The first kappa shape index (κ1) is 19.5. The van der Waals surface area contributed by atoms with Gasteiger partial charge in [0.25, 0.3) is 0 Å². The third-order valence-electron chi connectivity index (χ3n) is 5.41. The van der Waals surface area contributed by atoms with E-state index in [1.165, 1.54) is 5.56 Å². The Morgan fingerprint density at radius 3 is 2.52 bits per heavy atom. The van der Waals surface area contributed by atoms with Crippen LogP contribution in [0, 0.1) is 0 Å². The summed E-state index contributed by atoms with van der Waals surface area (Å²) in [6.45, 7) is 9.81. The Hall–Kier alpha value is -2.27. The number of Topliss-reactive ketones (excluding diaryl/α,β-unsaturated/α-hetero) is 1. The Morgan fingerprint density at radius 2 is 1.85 bits per heavy atom. The van der Waals surface area contributed by atoms with Crippen molar-refractivity contribution in [2.75, 3.05) is 26.9 Å². The van der Waals surface area contributed by atoms with Gasteiger partial charge in [0.2, 0.25) is 0 Å². The van der Waals surface area contributed by atoms with Crippen LogP contribution in [0.4, 0.5) is 0 Å². The van der Waals surface area contributed by atoms with E-state index in [1.54, 1.807) is 7.11 Å². The summed E-state index contributed by atoms with van der Waals surface area (Å²) in [5.41, 5.74) is 4.03. The second kappa shape index (κ2) is 8.17. The van der Waals surface area contributed by atoms with Gasteiger partial charge in [-0.2, -0.15) is 0 Å². The highest BCUT2D eigenvalue weighted by molar-refractivity contribution is 6.02. The molecule has 27 heavy (non-hydrogen) atoms. The van der Waals surface area contributed by atoms with Crippen molar-refractivity contribution in [1.29, 1.82) is 0 Å². The number of benzene rings is 1. The maximum Gasteiger partial charge on any atom is 0.164 e. The zero-order valence-electron chi connectivity index (χ0n) is 16.9. The molecule has 146 valence electrons. The van der Waals surface area contributed by atoms with E-state index in [9.17, 15) is 4.79 Å². The van der Waals surface area contributed by atoms with Crippen molar-refractivity contribution >= 4 is 5.78 Å². The summed E-state index contributed by atoms with van der Waals surface area (Å²) in [5, 5.41) is 0. The Kier molecular flexibility index (Phi) is 5.90. The molecular weight excluding hydrogens is 342 g/mol. The molecule has 0 N–H and O–H groups in total. The van der Waals surface area contributed by atoms with Crippen molar-refractivity contribution in [2.24, 2.45) is 0 Å². The third-order valence-corrected chi connectivity index (χ3v) is 5.41. The van der Waals surface area contributed by atoms with E-state index in [0.29, 0.717) is 37.9 Å². The zero-order valence-corrected chi connectivity index (χ0v) is 16.9. The van der Waals surface area contributed by atoms with Crippen LogP contribution >= 0.6 is 0 Å². The molecule has 5 heteroatoms. The molecule has 5 nitrogen and oxygen atoms in total. The molecule has 1 aromatic carbocycles. The lowest BCUT2D eigenvalue weighted by Crippen LogP contribution is -2.20. The number of hydrogen-bond acceptors (Lipinski definition) is 4. The van der Waals surface area contributed by atoms with Crippen LogP contribution < -0.4 is 9.47 Å². The van der Waals surface area contributed by atoms with Gasteiger partial charge in [-0.3, -0.25) is 4.79 Å². The molecule has 0 saturated heterocycles. The normalized spacial score (nSPS) is 18.0. The number of methoxy groups -OCH3 is 1. The van der Waals surface area contributed by atoms with Crippen LogP contribution in [0.25, 0.3) is 11.3 Å². The topological polar surface area (TPSA) is 49.7 Å². The van der Waals surface area contributed by atoms with Gasteiger partial charge in [0.15, 0.2) is 17.3 Å². The van der Waals surface area contributed by atoms with E-state index in [1.807, 2.05) is 32.2 Å². The summed E-state index contributed by atoms with van der Waals surface area (Å²) in [7, 11) is 1.66. The average molecular weight is 371 g/mol. The Labute approximate surface area is 161 Å². The Morgan fingerprint density at radius 1 is 1.11 bits per heavy atom. The van der Waals surface area contributed by atoms with Gasteiger partial charge < -0.3 is 18.8 Å². The van der Waals surface area contributed by atoms with Crippen molar-refractivity contribution in [2.45, 2.75) is 46.1 Å². The zero-order chi connectivity index (χ0) is 19.6. The highest BCUT2D eigenvalue weighted by Crippen LogP contribution is 2.48. The van der Waals surface area contributed by atoms with Gasteiger partial charge in [0, 0.05) is 42.8 Å². The quantitative estimate of drug-likeness (QED) is 0.492. The van der Waals surface area contributed by atoms with Crippen LogP contribution in [0.5, 0.6) is 11.5 Å². The first-order valence-electron chi connectivity index (χ1n) is 9.70. The minimum Gasteiger partial charge on any atom is -0.490 e. The van der Waals surface area contributed by atoms with Crippen LogP contribution in [0.15, 0.2) is 24.4 Å². The summed E-state index contributed by atoms with van der Waals surface area (Å²) in [6, 6.07) is 6.31. The van der Waals surface area contributed by atoms with Crippen LogP contribution in [0.2, 0.25) is 0 Å². The predicted octanol–water partition coefficient (Wildman–Crippen LogP) is 4.85. The van der Waals surface area contributed by atoms with Gasteiger partial charge in [0.05, 0.1) is 18.9 Å². The molecule has 1 aliphatic heterocycles. The molecule has 2 aromatic rings. The fourth-order valence-electron chi connectivity index (χ4n) is 3.76. The molecule has 0 fully saturated rings. The molecular formula is C22H29NO4. The number of rotatable bonds is 8. The van der Waals surface area contributed by atoms with E-state index in [-0.39, 0.29) is 11.8 Å². The molecule has 0 radical (unpaired) electrons. The van der Waals surface area contributed by atoms with Gasteiger partial charge in [-0.1, -0.05) is 13.8 Å². The number of ether oxygens (including phenoxy) is 3. The first-order chi connectivity index (χ1) is 13.0. The molecule has 0 spiro atoms. The maximum atomic E-state index is 12.5. The molecule has 0 bridgehead atoms. The van der Waals surface area contributed by atoms with E-state index in [2.05, 4.69) is 24.5 Å². The molecule has 0 aliphatic carbocycles. The van der Waals surface area contributed by atoms with Gasteiger partial charge in [0.1, 0.15) is 6.61 Å². The van der Waals surface area contributed by atoms with Crippen molar-refractivity contribution in [3.63, 3.8) is 0 Å². The number of carbonyl (C=O) groups excluding carboxylic acids is 1. The molecule has 2 atom stereocenters. The van der Waals surface area contributed by atoms with Gasteiger partial charge in [-0.15, -0.1) is 0 Å². The second-order valence-electron chi connectivity index (χ2n) is 6.95. The first-order valence-corrected chi connectivity index (χ1v) is 9.70. The number of hydrogen-bond donors (Lipinski definition) is 0. The Bertz CT molecular complexity index is 824. The summed E-state index contributed by atoms with van der Waals surface area (Å²) in [5.74, 6) is 1.89. The summed E-state index contributed by atoms with van der Waals surface area (Å²) >= 11 is 0. The third kappa shape index (κ3) is 3.48. The van der Waals surface area contributed by atoms with Crippen molar-refractivity contribution in [1.82, 2.24) is 4.57 Å². The van der Waals surface area contributed by atoms with Crippen LogP contribution in [-0.4, -0.2) is 37.3 Å². The predicted molar refractivity (Wildman–Crippen MR) is 106 cm³/mol. The minimum atomic E-state index is 0.162. The van der Waals surface area contributed by atoms with Crippen LogP contribution in [0.1, 0.15) is 62.0 Å². The van der Waals surface area contributed by atoms with E-state index in [4.69, 9.17) is 14.2 Å². The van der Waals surface area contributed by atoms with Crippen LogP contribution in [-0.2, 0) is 4.74 Å². The molecule has 1 aliphatic rings. The molecule has 2 unspecified atom stereocenters. The maximum absolute atomic E-state index is 12.5. The smallest absolute Gasteiger partial charge is 0.164 e. The lowest BCUT2D eigenvalue weighted by molar-refractivity contribution is 0.0988. The highest BCUT2D eigenvalue weighted by Gasteiger charge is 2.32. The van der Waals surface area contributed by atoms with Crippen molar-refractivity contribution in [3.05, 3.63) is 35.5 Å². The van der Waals surface area contributed by atoms with Gasteiger partial charge >= 0.3 is 0 Å². The van der Waals surface area contributed by atoms with Gasteiger partial charge in [-0.05, 0) is 37.6 Å². The SMILES string of the molecule is CCOc1cc2c(cc1OCCOC)C(C)C(C)n1ccc(C(=O)CC)c1-2. The molecule has 1 aromatic heterocycles. The van der Waals surface area contributed by atoms with Crippen molar-refractivity contribution < 1.29 is 19.0 Å². The molecule has 0 saturated carbocycles. The second-order valence-corrected chi connectivity index (χ2v) is 6.95. The minimum absolute atomic E-state index is 0.162. The number of fused-ring (bicyclic) bond motifs is 3. The van der Waals surface area contributed by atoms with Crippen molar-refractivity contribution in [3.8, 4) is 22.8 Å². The average Bonchev–Trinajstić information content (AvgIpc) is 3.12. The van der Waals surface area contributed by atoms with E-state index < -0.39 is 0 Å². The standard InChI is InChI=1S/C22H29NO4/c1-6-19(24)16-8-9-23-15(4)14(3)17-12-21(27-11-10-25-5)20(26-7-2)13-18(17)22(16)23/h8-9,12-15H,6-7,10-11H2,1-5H3. The fraction of sp³-hybridized carbons (Fsp3) is 0.500. The van der Waals surface area contributed by atoms with Crippen LogP contribution in [0.3, 0.4) is 0 Å². The summed E-state index contributed by atoms with van der Waals surface area (Å²) in [6.07, 6.45) is 2.53. The Balaban J connectivity index is 2.15. The molecule has 3 rings (SSSR count). The van der Waals surface area contributed by atoms with E-state index >= 15 is 0 Å². The number of ketones is 1. The summed E-state index contributed by atoms with van der Waals surface area (Å²) in [4.78, 5) is 12.5. The highest BCUT2D eigenvalue weighted by atomic mass is 16.5. The molecule has 0 amide bonds.